The van der Waals surface area contributed by atoms with Crippen LogP contribution in [0, 0.1) is 0 Å². The number of phenolic OH excluding ortho intramolecular Hbond substituents is 2. The first kappa shape index (κ1) is 17.1. The topological polar surface area (TPSA) is 90.9 Å². The van der Waals surface area contributed by atoms with Gasteiger partial charge in [-0.1, -0.05) is 37.0 Å². The second kappa shape index (κ2) is 6.91. The van der Waals surface area contributed by atoms with Crippen LogP contribution in [0.3, 0.4) is 0 Å². The van der Waals surface area contributed by atoms with E-state index in [1.807, 2.05) is 6.92 Å². The van der Waals surface area contributed by atoms with Gasteiger partial charge < -0.3 is 19.7 Å². The van der Waals surface area contributed by atoms with Crippen LogP contribution in [-0.2, 0) is 6.42 Å². The second-order valence-electron chi connectivity index (χ2n) is 5.05. The fourth-order valence-corrected chi connectivity index (χ4v) is 2.35. The molecule has 0 saturated heterocycles. The highest BCUT2D eigenvalue weighted by atomic mass is 16.4. The molecule has 1 heterocycles. The van der Waals surface area contributed by atoms with E-state index in [0.29, 0.717) is 11.1 Å². The maximum Gasteiger partial charge on any atom is 0.238 e. The molecule has 1 aromatic heterocycles. The molecule has 1 aromatic carbocycles. The van der Waals surface area contributed by atoms with Crippen molar-refractivity contribution in [3.8, 4) is 17.2 Å². The largest absolute Gasteiger partial charge is 0.507 e. The summed E-state index contributed by atoms with van der Waals surface area (Å²) >= 11 is 0. The zero-order chi connectivity index (χ0) is 17.9. The van der Waals surface area contributed by atoms with Crippen LogP contribution in [-0.4, -0.2) is 15.3 Å². The van der Waals surface area contributed by atoms with Gasteiger partial charge >= 0.3 is 0 Å². The Morgan fingerprint density at radius 2 is 1.96 bits per heavy atom. The first-order chi connectivity index (χ1) is 11.5. The van der Waals surface area contributed by atoms with Crippen LogP contribution in [0.15, 0.2) is 58.8 Å². The third-order valence-electron chi connectivity index (χ3n) is 3.50. The zero-order valence-corrected chi connectivity index (χ0v) is 13.2. The van der Waals surface area contributed by atoms with Crippen molar-refractivity contribution in [2.24, 2.45) is 0 Å². The lowest BCUT2D eigenvalue weighted by molar-refractivity contribution is 0.426. The van der Waals surface area contributed by atoms with E-state index in [-0.39, 0.29) is 28.9 Å². The number of aromatic hydroxyl groups is 3. The number of allylic oxidation sites excluding steroid dienone is 6. The van der Waals surface area contributed by atoms with E-state index >= 15 is 0 Å². The average molecular weight is 326 g/mol. The lowest BCUT2D eigenvalue weighted by Gasteiger charge is -2.11. The maximum absolute atomic E-state index is 12.5. The van der Waals surface area contributed by atoms with E-state index in [9.17, 15) is 20.1 Å². The summed E-state index contributed by atoms with van der Waals surface area (Å²) in [6.45, 7) is 9.06. The summed E-state index contributed by atoms with van der Waals surface area (Å²) in [5.74, 6) is -1.42. The molecular weight excluding hydrogens is 308 g/mol. The number of rotatable bonds is 5. The lowest BCUT2D eigenvalue weighted by atomic mass is 10.0. The van der Waals surface area contributed by atoms with Gasteiger partial charge in [0.2, 0.25) is 11.2 Å². The van der Waals surface area contributed by atoms with Gasteiger partial charge in [-0.2, -0.15) is 0 Å². The van der Waals surface area contributed by atoms with E-state index < -0.39 is 16.9 Å². The Labute approximate surface area is 138 Å². The molecule has 0 saturated carbocycles. The summed E-state index contributed by atoms with van der Waals surface area (Å²) in [6.07, 6.45) is 8.26. The summed E-state index contributed by atoms with van der Waals surface area (Å²) in [7, 11) is 0. The van der Waals surface area contributed by atoms with Crippen molar-refractivity contribution in [1.82, 2.24) is 0 Å². The van der Waals surface area contributed by atoms with Crippen LogP contribution in [0.1, 0.15) is 18.2 Å². The normalized spacial score (nSPS) is 12.0. The first-order valence-corrected chi connectivity index (χ1v) is 7.26. The van der Waals surface area contributed by atoms with Crippen molar-refractivity contribution in [2.45, 2.75) is 13.3 Å². The molecule has 3 N–H and O–H groups in total. The van der Waals surface area contributed by atoms with Gasteiger partial charge in [0.05, 0.1) is 0 Å². The molecule has 5 heteroatoms. The van der Waals surface area contributed by atoms with Gasteiger partial charge in [-0.3, -0.25) is 4.79 Å². The number of hydrogen-bond donors (Lipinski definition) is 3. The van der Waals surface area contributed by atoms with Crippen molar-refractivity contribution in [2.75, 3.05) is 0 Å². The molecule has 24 heavy (non-hydrogen) atoms. The minimum atomic E-state index is -0.790. The summed E-state index contributed by atoms with van der Waals surface area (Å²) in [5, 5.41) is 30.0. The van der Waals surface area contributed by atoms with Crippen molar-refractivity contribution < 1.29 is 19.7 Å². The number of hydrogen-bond acceptors (Lipinski definition) is 5. The average Bonchev–Trinajstić information content (AvgIpc) is 2.55. The molecule has 0 atom stereocenters. The highest BCUT2D eigenvalue weighted by Crippen LogP contribution is 2.37. The Hall–Kier alpha value is -3.21. The van der Waals surface area contributed by atoms with Crippen LogP contribution in [0.2, 0.25) is 0 Å². The molecule has 5 nitrogen and oxygen atoms in total. The minimum Gasteiger partial charge on any atom is -0.507 e. The lowest BCUT2D eigenvalue weighted by Crippen LogP contribution is -2.06. The van der Waals surface area contributed by atoms with Gasteiger partial charge in [0, 0.05) is 17.2 Å². The Bertz CT molecular complexity index is 929. The molecule has 0 aliphatic heterocycles. The van der Waals surface area contributed by atoms with E-state index in [0.717, 1.165) is 6.07 Å². The SMILES string of the molecule is C=CCc1c(O)cc(O)c2c(=O)c(O)c(/C(C=C)=C/C=C\C)oc12. The molecule has 0 bridgehead atoms. The van der Waals surface area contributed by atoms with Crippen LogP contribution in [0.4, 0.5) is 0 Å². The van der Waals surface area contributed by atoms with Gasteiger partial charge in [0.25, 0.3) is 0 Å². The Morgan fingerprint density at radius 1 is 1.25 bits per heavy atom. The summed E-state index contributed by atoms with van der Waals surface area (Å²) in [4.78, 5) is 12.5. The number of phenols is 2. The van der Waals surface area contributed by atoms with Gasteiger partial charge in [-0.05, 0) is 13.3 Å². The summed E-state index contributed by atoms with van der Waals surface area (Å²) < 4.78 is 5.68. The molecular formula is C19H18O5. The Balaban J connectivity index is 2.98. The standard InChI is InChI=1S/C19H18O5/c1-4-7-9-11(6-3)18-17(23)16(22)15-14(21)10-13(20)12(8-5-2)19(15)24-18/h4-7,9-10,20-21,23H,2-3,8H2,1H3/b7-4-,11-9+. The molecule has 0 spiro atoms. The van der Waals surface area contributed by atoms with Crippen molar-refractivity contribution in [3.05, 3.63) is 71.2 Å². The Kier molecular flexibility index (Phi) is 4.94. The van der Waals surface area contributed by atoms with Gasteiger partial charge in [0.1, 0.15) is 22.5 Å². The van der Waals surface area contributed by atoms with E-state index in [2.05, 4.69) is 13.2 Å². The third kappa shape index (κ3) is 2.84. The molecule has 2 aromatic rings. The fraction of sp³-hybridized carbons (Fsp3) is 0.105. The van der Waals surface area contributed by atoms with Crippen molar-refractivity contribution in [3.63, 3.8) is 0 Å². The first-order valence-electron chi connectivity index (χ1n) is 7.26. The monoisotopic (exact) mass is 326 g/mol. The van der Waals surface area contributed by atoms with Crippen LogP contribution >= 0.6 is 0 Å². The molecule has 0 radical (unpaired) electrons. The van der Waals surface area contributed by atoms with Crippen LogP contribution < -0.4 is 5.43 Å². The third-order valence-corrected chi connectivity index (χ3v) is 3.50. The molecule has 0 unspecified atom stereocenters. The van der Waals surface area contributed by atoms with Gasteiger partial charge in [-0.15, -0.1) is 6.58 Å². The van der Waals surface area contributed by atoms with Crippen LogP contribution in [0.5, 0.6) is 17.2 Å². The predicted molar refractivity (Wildman–Crippen MR) is 94.4 cm³/mol. The molecule has 0 aliphatic carbocycles. The predicted octanol–water partition coefficient (Wildman–Crippen LogP) is 3.78. The van der Waals surface area contributed by atoms with E-state index in [4.69, 9.17) is 4.42 Å². The zero-order valence-electron chi connectivity index (χ0n) is 13.2. The number of fused-ring (bicyclic) bond motifs is 1. The maximum atomic E-state index is 12.5. The smallest absolute Gasteiger partial charge is 0.238 e. The number of benzene rings is 1. The van der Waals surface area contributed by atoms with E-state index in [1.54, 1.807) is 18.2 Å². The Morgan fingerprint density at radius 3 is 2.54 bits per heavy atom. The quantitative estimate of drug-likeness (QED) is 0.574. The van der Waals surface area contributed by atoms with Crippen LogP contribution in [0.25, 0.3) is 16.5 Å². The van der Waals surface area contributed by atoms with Gasteiger partial charge in [-0.25, -0.2) is 0 Å². The summed E-state index contributed by atoms with van der Waals surface area (Å²) in [5.41, 5.74) is -0.108. The highest BCUT2D eigenvalue weighted by Gasteiger charge is 2.22. The molecule has 0 amide bonds. The summed E-state index contributed by atoms with van der Waals surface area (Å²) in [6, 6.07) is 1.04. The fourth-order valence-electron chi connectivity index (χ4n) is 2.35. The van der Waals surface area contributed by atoms with Crippen molar-refractivity contribution >= 4 is 16.5 Å². The molecule has 0 aliphatic rings. The molecule has 0 fully saturated rings. The molecule has 124 valence electrons. The minimum absolute atomic E-state index is 0.00146. The molecule has 2 rings (SSSR count). The van der Waals surface area contributed by atoms with E-state index in [1.165, 1.54) is 12.2 Å². The highest BCUT2D eigenvalue weighted by molar-refractivity contribution is 5.91. The van der Waals surface area contributed by atoms with Gasteiger partial charge in [0.15, 0.2) is 5.76 Å². The van der Waals surface area contributed by atoms with Crippen molar-refractivity contribution in [1.29, 1.82) is 0 Å². The second-order valence-corrected chi connectivity index (χ2v) is 5.05.